The zero-order valence-corrected chi connectivity index (χ0v) is 11.5. The summed E-state index contributed by atoms with van der Waals surface area (Å²) in [6, 6.07) is 5.61. The van der Waals surface area contributed by atoms with Crippen LogP contribution in [0.25, 0.3) is 11.3 Å². The van der Waals surface area contributed by atoms with Crippen molar-refractivity contribution in [2.45, 2.75) is 13.8 Å². The molecule has 2 rings (SSSR count). The van der Waals surface area contributed by atoms with Gasteiger partial charge in [-0.05, 0) is 26.0 Å². The first-order valence-corrected chi connectivity index (χ1v) is 5.89. The summed E-state index contributed by atoms with van der Waals surface area (Å²) in [4.78, 5) is 8.60. The molecule has 1 aromatic heterocycles. The average molecular weight is 259 g/mol. The Morgan fingerprint density at radius 1 is 0.947 bits per heavy atom. The van der Waals surface area contributed by atoms with Gasteiger partial charge in [0.05, 0.1) is 19.9 Å². The van der Waals surface area contributed by atoms with Gasteiger partial charge in [-0.2, -0.15) is 0 Å². The first-order valence-electron chi connectivity index (χ1n) is 5.89. The van der Waals surface area contributed by atoms with Gasteiger partial charge in [-0.15, -0.1) is 0 Å². The molecule has 0 aliphatic carbocycles. The minimum atomic E-state index is 0.490. The molecule has 0 aliphatic heterocycles. The highest BCUT2D eigenvalue weighted by atomic mass is 16.5. The average Bonchev–Trinajstić information content (AvgIpc) is 2.42. The molecule has 2 aromatic rings. The van der Waals surface area contributed by atoms with Gasteiger partial charge in [0.15, 0.2) is 0 Å². The van der Waals surface area contributed by atoms with Gasteiger partial charge in [-0.3, -0.25) is 0 Å². The summed E-state index contributed by atoms with van der Waals surface area (Å²) >= 11 is 0. The van der Waals surface area contributed by atoms with Crippen LogP contribution >= 0.6 is 0 Å². The molecule has 0 saturated heterocycles. The van der Waals surface area contributed by atoms with E-state index in [1.165, 1.54) is 0 Å². The van der Waals surface area contributed by atoms with Crippen molar-refractivity contribution >= 4 is 5.82 Å². The number of methoxy groups -OCH3 is 2. The van der Waals surface area contributed by atoms with E-state index in [2.05, 4.69) is 9.97 Å². The predicted molar refractivity (Wildman–Crippen MR) is 74.5 cm³/mol. The number of nitrogen functional groups attached to an aromatic ring is 1. The fraction of sp³-hybridized carbons (Fsp3) is 0.286. The molecule has 0 bridgehead atoms. The summed E-state index contributed by atoms with van der Waals surface area (Å²) in [5, 5.41) is 0. The van der Waals surface area contributed by atoms with Crippen LogP contribution in [0.2, 0.25) is 0 Å². The summed E-state index contributed by atoms with van der Waals surface area (Å²) in [7, 11) is 3.23. The molecule has 0 saturated carbocycles. The zero-order chi connectivity index (χ0) is 14.0. The van der Waals surface area contributed by atoms with E-state index in [1.54, 1.807) is 14.2 Å². The quantitative estimate of drug-likeness (QED) is 0.916. The molecule has 0 aliphatic rings. The minimum absolute atomic E-state index is 0.490. The Morgan fingerprint density at radius 2 is 1.53 bits per heavy atom. The monoisotopic (exact) mass is 259 g/mol. The molecule has 1 aromatic carbocycles. The van der Waals surface area contributed by atoms with Gasteiger partial charge in [0, 0.05) is 17.2 Å². The van der Waals surface area contributed by atoms with Crippen molar-refractivity contribution in [3.05, 3.63) is 29.6 Å². The molecule has 0 fully saturated rings. The van der Waals surface area contributed by atoms with Crippen molar-refractivity contribution in [2.75, 3.05) is 20.0 Å². The van der Waals surface area contributed by atoms with Crippen molar-refractivity contribution < 1.29 is 9.47 Å². The van der Waals surface area contributed by atoms with E-state index >= 15 is 0 Å². The van der Waals surface area contributed by atoms with E-state index in [9.17, 15) is 0 Å². The van der Waals surface area contributed by atoms with Crippen LogP contribution in [-0.4, -0.2) is 24.2 Å². The Kier molecular flexibility index (Phi) is 3.55. The number of rotatable bonds is 3. The molecule has 19 heavy (non-hydrogen) atoms. The van der Waals surface area contributed by atoms with Crippen LogP contribution < -0.4 is 15.2 Å². The number of aromatic nitrogens is 2. The first kappa shape index (κ1) is 13.1. The summed E-state index contributed by atoms with van der Waals surface area (Å²) in [5.41, 5.74) is 8.42. The number of hydrogen-bond acceptors (Lipinski definition) is 5. The summed E-state index contributed by atoms with van der Waals surface area (Å²) in [5.74, 6) is 2.55. The van der Waals surface area contributed by atoms with E-state index in [4.69, 9.17) is 15.2 Å². The van der Waals surface area contributed by atoms with Crippen molar-refractivity contribution in [3.8, 4) is 22.8 Å². The smallest absolute Gasteiger partial charge is 0.130 e. The van der Waals surface area contributed by atoms with Crippen LogP contribution in [0.4, 0.5) is 5.82 Å². The van der Waals surface area contributed by atoms with Crippen LogP contribution in [0, 0.1) is 13.8 Å². The molecule has 0 radical (unpaired) electrons. The molecular weight excluding hydrogens is 242 g/mol. The molecule has 2 N–H and O–H groups in total. The topological polar surface area (TPSA) is 70.3 Å². The van der Waals surface area contributed by atoms with Gasteiger partial charge in [-0.1, -0.05) is 0 Å². The van der Waals surface area contributed by atoms with E-state index in [-0.39, 0.29) is 0 Å². The fourth-order valence-corrected chi connectivity index (χ4v) is 1.88. The third-order valence-corrected chi connectivity index (χ3v) is 2.92. The second-order valence-corrected chi connectivity index (χ2v) is 4.23. The third-order valence-electron chi connectivity index (χ3n) is 2.92. The number of ether oxygens (including phenoxy) is 2. The zero-order valence-electron chi connectivity index (χ0n) is 11.5. The lowest BCUT2D eigenvalue weighted by Gasteiger charge is -2.11. The van der Waals surface area contributed by atoms with Crippen LogP contribution in [0.1, 0.15) is 11.4 Å². The molecule has 0 atom stereocenters. The maximum Gasteiger partial charge on any atom is 0.130 e. The van der Waals surface area contributed by atoms with Gasteiger partial charge in [-0.25, -0.2) is 9.97 Å². The molecule has 0 unspecified atom stereocenters. The molecule has 5 heteroatoms. The van der Waals surface area contributed by atoms with E-state index in [0.29, 0.717) is 23.1 Å². The van der Waals surface area contributed by atoms with Gasteiger partial charge in [0.2, 0.25) is 0 Å². The lowest BCUT2D eigenvalue weighted by Crippen LogP contribution is -2.02. The summed E-state index contributed by atoms with van der Waals surface area (Å²) in [6.45, 7) is 3.72. The van der Waals surface area contributed by atoms with Crippen LogP contribution in [0.3, 0.4) is 0 Å². The molecular formula is C14H17N3O2. The third kappa shape index (κ3) is 2.59. The highest BCUT2D eigenvalue weighted by molar-refractivity contribution is 5.70. The van der Waals surface area contributed by atoms with Crippen molar-refractivity contribution in [1.82, 2.24) is 9.97 Å². The van der Waals surface area contributed by atoms with E-state index < -0.39 is 0 Å². The Labute approximate surface area is 112 Å². The largest absolute Gasteiger partial charge is 0.497 e. The second-order valence-electron chi connectivity index (χ2n) is 4.23. The highest BCUT2D eigenvalue weighted by Crippen LogP contribution is 2.31. The number of nitrogens with zero attached hydrogens (tertiary/aromatic N) is 2. The maximum atomic E-state index is 5.89. The number of anilines is 1. The van der Waals surface area contributed by atoms with Crippen molar-refractivity contribution in [3.63, 3.8) is 0 Å². The Hall–Kier alpha value is -2.30. The number of hydrogen-bond donors (Lipinski definition) is 1. The van der Waals surface area contributed by atoms with Crippen LogP contribution in [0.15, 0.2) is 18.2 Å². The predicted octanol–water partition coefficient (Wildman–Crippen LogP) is 2.36. The molecule has 1 heterocycles. The maximum absolute atomic E-state index is 5.89. The lowest BCUT2D eigenvalue weighted by atomic mass is 10.1. The van der Waals surface area contributed by atoms with Crippen LogP contribution in [-0.2, 0) is 0 Å². The SMILES string of the molecule is COc1cc(OC)cc(-c2nc(C)nc(N)c2C)c1. The summed E-state index contributed by atoms with van der Waals surface area (Å²) < 4.78 is 10.5. The molecule has 5 nitrogen and oxygen atoms in total. The van der Waals surface area contributed by atoms with Crippen LogP contribution in [0.5, 0.6) is 11.5 Å². The number of aryl methyl sites for hydroxylation is 1. The first-order chi connectivity index (χ1) is 9.05. The molecule has 100 valence electrons. The van der Waals surface area contributed by atoms with E-state index in [0.717, 1.165) is 16.8 Å². The fourth-order valence-electron chi connectivity index (χ4n) is 1.88. The van der Waals surface area contributed by atoms with E-state index in [1.807, 2.05) is 32.0 Å². The van der Waals surface area contributed by atoms with Gasteiger partial charge in [0.1, 0.15) is 23.1 Å². The van der Waals surface area contributed by atoms with Crippen molar-refractivity contribution in [2.24, 2.45) is 0 Å². The van der Waals surface area contributed by atoms with Crippen molar-refractivity contribution in [1.29, 1.82) is 0 Å². The Balaban J connectivity index is 2.64. The number of nitrogens with two attached hydrogens (primary N) is 1. The Morgan fingerprint density at radius 3 is 2.05 bits per heavy atom. The highest BCUT2D eigenvalue weighted by Gasteiger charge is 2.11. The van der Waals surface area contributed by atoms with Gasteiger partial charge in [0.25, 0.3) is 0 Å². The molecule has 0 spiro atoms. The van der Waals surface area contributed by atoms with Gasteiger partial charge < -0.3 is 15.2 Å². The minimum Gasteiger partial charge on any atom is -0.497 e. The second kappa shape index (κ2) is 5.14. The Bertz CT molecular complexity index is 590. The summed E-state index contributed by atoms with van der Waals surface area (Å²) in [6.07, 6.45) is 0. The number of benzene rings is 1. The standard InChI is InChI=1S/C14H17N3O2/c1-8-13(16-9(2)17-14(8)15)10-5-11(18-3)7-12(6-10)19-4/h5-7H,1-4H3,(H2,15,16,17). The van der Waals surface area contributed by atoms with Gasteiger partial charge >= 0.3 is 0 Å². The molecule has 0 amide bonds. The normalized spacial score (nSPS) is 10.3. The lowest BCUT2D eigenvalue weighted by molar-refractivity contribution is 0.394.